The van der Waals surface area contributed by atoms with Gasteiger partial charge in [-0.2, -0.15) is 4.31 Å². The quantitative estimate of drug-likeness (QED) is 0.652. The van der Waals surface area contributed by atoms with Crippen LogP contribution < -0.4 is 0 Å². The number of morpholine rings is 1. The number of nitrogens with zero attached hydrogens (tertiary/aromatic N) is 2. The fraction of sp³-hybridized carbons (Fsp3) is 0.619. The van der Waals surface area contributed by atoms with Crippen molar-refractivity contribution < 1.29 is 27.5 Å². The Morgan fingerprint density at radius 3 is 2.53 bits per heavy atom. The summed E-state index contributed by atoms with van der Waals surface area (Å²) < 4.78 is 38.4. The lowest BCUT2D eigenvalue weighted by Gasteiger charge is -2.34. The van der Waals surface area contributed by atoms with Crippen LogP contribution in [-0.2, 0) is 24.3 Å². The number of sulfonamides is 1. The highest BCUT2D eigenvalue weighted by Gasteiger charge is 2.33. The molecule has 30 heavy (non-hydrogen) atoms. The van der Waals surface area contributed by atoms with Crippen LogP contribution in [0.15, 0.2) is 29.2 Å². The topological polar surface area (TPSA) is 93.2 Å². The molecule has 0 unspecified atom stereocenters. The van der Waals surface area contributed by atoms with E-state index in [0.717, 1.165) is 0 Å². The first kappa shape index (κ1) is 22.7. The molecule has 0 N–H and O–H groups in total. The summed E-state index contributed by atoms with van der Waals surface area (Å²) in [5.74, 6) is -0.905. The summed E-state index contributed by atoms with van der Waals surface area (Å²) in [6.07, 6.45) is 1.00. The van der Waals surface area contributed by atoms with Crippen molar-refractivity contribution in [1.82, 2.24) is 9.21 Å². The number of hydrogen-bond acceptors (Lipinski definition) is 6. The van der Waals surface area contributed by atoms with E-state index in [9.17, 15) is 18.0 Å². The van der Waals surface area contributed by atoms with Crippen LogP contribution in [0.2, 0.25) is 0 Å². The summed E-state index contributed by atoms with van der Waals surface area (Å²) in [6.45, 7) is 7.12. The van der Waals surface area contributed by atoms with Crippen molar-refractivity contribution in [3.8, 4) is 0 Å². The number of benzene rings is 1. The van der Waals surface area contributed by atoms with Crippen LogP contribution in [0, 0.1) is 5.92 Å². The number of piperidine rings is 1. The van der Waals surface area contributed by atoms with Crippen molar-refractivity contribution in [3.63, 3.8) is 0 Å². The molecule has 0 saturated carbocycles. The van der Waals surface area contributed by atoms with Gasteiger partial charge in [0.15, 0.2) is 0 Å². The number of ether oxygens (including phenoxy) is 2. The molecule has 2 fully saturated rings. The third-order valence-electron chi connectivity index (χ3n) is 5.43. The minimum Gasteiger partial charge on any atom is -0.466 e. The lowest BCUT2D eigenvalue weighted by Crippen LogP contribution is -2.48. The number of hydrogen-bond donors (Lipinski definition) is 0. The zero-order valence-electron chi connectivity index (χ0n) is 17.7. The van der Waals surface area contributed by atoms with E-state index in [1.807, 2.05) is 13.8 Å². The Labute approximate surface area is 178 Å². The Balaban J connectivity index is 1.77. The monoisotopic (exact) mass is 438 g/mol. The van der Waals surface area contributed by atoms with E-state index in [4.69, 9.17) is 9.47 Å². The van der Waals surface area contributed by atoms with E-state index in [2.05, 4.69) is 0 Å². The average molecular weight is 439 g/mol. The van der Waals surface area contributed by atoms with E-state index in [-0.39, 0.29) is 54.5 Å². The maximum absolute atomic E-state index is 13.1. The second kappa shape index (κ2) is 9.45. The van der Waals surface area contributed by atoms with E-state index in [0.29, 0.717) is 31.6 Å². The third kappa shape index (κ3) is 5.01. The van der Waals surface area contributed by atoms with Crippen LogP contribution in [0.5, 0.6) is 0 Å². The van der Waals surface area contributed by atoms with Crippen molar-refractivity contribution in [2.45, 2.75) is 50.7 Å². The second-order valence-corrected chi connectivity index (χ2v) is 9.89. The summed E-state index contributed by atoms with van der Waals surface area (Å²) in [7, 11) is -3.74. The van der Waals surface area contributed by atoms with E-state index in [1.165, 1.54) is 16.4 Å². The van der Waals surface area contributed by atoms with E-state index < -0.39 is 10.0 Å². The van der Waals surface area contributed by atoms with E-state index >= 15 is 0 Å². The Kier molecular flexibility index (Phi) is 7.15. The van der Waals surface area contributed by atoms with Gasteiger partial charge in [-0.15, -0.1) is 0 Å². The van der Waals surface area contributed by atoms with Gasteiger partial charge in [-0.25, -0.2) is 8.42 Å². The lowest BCUT2D eigenvalue weighted by atomic mass is 9.97. The van der Waals surface area contributed by atoms with Gasteiger partial charge in [0.1, 0.15) is 0 Å². The second-order valence-electron chi connectivity index (χ2n) is 7.95. The molecule has 0 radical (unpaired) electrons. The molecule has 3 rings (SSSR count). The SMILES string of the molecule is CCOC(=O)[C@H]1CCCN(C(=O)c2cccc(S(=O)(=O)N3C[C@@H](C)O[C@@H](C)C3)c2)C1. The summed E-state index contributed by atoms with van der Waals surface area (Å²) in [5, 5.41) is 0. The Bertz CT molecular complexity index is 877. The first-order valence-electron chi connectivity index (χ1n) is 10.4. The molecular formula is C21H30N2O6S. The molecule has 2 aliphatic heterocycles. The van der Waals surface area contributed by atoms with Gasteiger partial charge in [-0.3, -0.25) is 9.59 Å². The van der Waals surface area contributed by atoms with Crippen molar-refractivity contribution in [3.05, 3.63) is 29.8 Å². The number of amides is 1. The van der Waals surface area contributed by atoms with Gasteiger partial charge in [-0.1, -0.05) is 6.07 Å². The average Bonchev–Trinajstić information content (AvgIpc) is 2.73. The van der Waals surface area contributed by atoms with Gasteiger partial charge in [-0.05, 0) is 51.8 Å². The first-order chi connectivity index (χ1) is 14.2. The van der Waals surface area contributed by atoms with Crippen LogP contribution in [0.1, 0.15) is 44.0 Å². The molecule has 0 bridgehead atoms. The zero-order valence-corrected chi connectivity index (χ0v) is 18.6. The van der Waals surface area contributed by atoms with Gasteiger partial charge in [0.05, 0.1) is 29.6 Å². The molecule has 3 atom stereocenters. The number of carbonyl (C=O) groups is 2. The van der Waals surface area contributed by atoms with Crippen molar-refractivity contribution in [2.24, 2.45) is 5.92 Å². The van der Waals surface area contributed by atoms with Crippen LogP contribution in [0.4, 0.5) is 0 Å². The fourth-order valence-corrected chi connectivity index (χ4v) is 5.70. The summed E-state index contributed by atoms with van der Waals surface area (Å²) in [4.78, 5) is 26.8. The molecule has 2 saturated heterocycles. The first-order valence-corrected chi connectivity index (χ1v) is 11.9. The molecule has 9 heteroatoms. The molecule has 0 spiro atoms. The maximum Gasteiger partial charge on any atom is 0.310 e. The molecule has 1 aromatic carbocycles. The smallest absolute Gasteiger partial charge is 0.310 e. The number of carbonyl (C=O) groups excluding carboxylic acids is 2. The minimum atomic E-state index is -3.74. The minimum absolute atomic E-state index is 0.0913. The molecule has 0 aliphatic carbocycles. The standard InChI is InChI=1S/C21H30N2O6S/c1-4-28-21(25)18-8-6-10-22(14-18)20(24)17-7-5-9-19(11-17)30(26,27)23-12-15(2)29-16(3)13-23/h5,7,9,11,15-16,18H,4,6,8,10,12-14H2,1-3H3/t15-,16+,18-/m0/s1. The highest BCUT2D eigenvalue weighted by atomic mass is 32.2. The summed E-state index contributed by atoms with van der Waals surface area (Å²) >= 11 is 0. The normalized spacial score (nSPS) is 25.7. The number of likely N-dealkylation sites (tertiary alicyclic amines) is 1. The van der Waals surface area contributed by atoms with Crippen molar-refractivity contribution >= 4 is 21.9 Å². The molecule has 166 valence electrons. The molecule has 2 aliphatic rings. The van der Waals surface area contributed by atoms with Crippen LogP contribution >= 0.6 is 0 Å². The lowest BCUT2D eigenvalue weighted by molar-refractivity contribution is -0.149. The van der Waals surface area contributed by atoms with Gasteiger partial charge in [0.25, 0.3) is 5.91 Å². The maximum atomic E-state index is 13.1. The third-order valence-corrected chi connectivity index (χ3v) is 7.26. The molecule has 2 heterocycles. The van der Waals surface area contributed by atoms with Gasteiger partial charge in [0.2, 0.25) is 10.0 Å². The Hall–Kier alpha value is -1.97. The van der Waals surface area contributed by atoms with E-state index in [1.54, 1.807) is 24.0 Å². The van der Waals surface area contributed by atoms with Gasteiger partial charge < -0.3 is 14.4 Å². The molecule has 8 nitrogen and oxygen atoms in total. The zero-order chi connectivity index (χ0) is 21.9. The number of esters is 1. The van der Waals surface area contributed by atoms with Crippen molar-refractivity contribution in [2.75, 3.05) is 32.8 Å². The predicted molar refractivity (Wildman–Crippen MR) is 110 cm³/mol. The highest BCUT2D eigenvalue weighted by Crippen LogP contribution is 2.24. The van der Waals surface area contributed by atoms with Crippen LogP contribution in [-0.4, -0.2) is 74.5 Å². The Morgan fingerprint density at radius 2 is 1.87 bits per heavy atom. The fourth-order valence-electron chi connectivity index (χ4n) is 4.06. The van der Waals surface area contributed by atoms with Crippen molar-refractivity contribution in [1.29, 1.82) is 0 Å². The molecule has 0 aromatic heterocycles. The molecule has 1 amide bonds. The predicted octanol–water partition coefficient (Wildman–Crippen LogP) is 1.90. The summed E-state index contributed by atoms with van der Waals surface area (Å²) in [5.41, 5.74) is 0.301. The number of rotatable bonds is 5. The van der Waals surface area contributed by atoms with Crippen LogP contribution in [0.3, 0.4) is 0 Å². The van der Waals surface area contributed by atoms with Gasteiger partial charge >= 0.3 is 5.97 Å². The largest absolute Gasteiger partial charge is 0.466 e. The molecular weight excluding hydrogens is 408 g/mol. The Morgan fingerprint density at radius 1 is 1.17 bits per heavy atom. The van der Waals surface area contributed by atoms with Gasteiger partial charge in [0, 0.05) is 31.7 Å². The summed E-state index contributed by atoms with van der Waals surface area (Å²) in [6, 6.07) is 6.13. The highest BCUT2D eigenvalue weighted by molar-refractivity contribution is 7.89. The van der Waals surface area contributed by atoms with Crippen LogP contribution in [0.25, 0.3) is 0 Å². The molecule has 1 aromatic rings.